The van der Waals surface area contributed by atoms with Crippen molar-refractivity contribution in [2.24, 2.45) is 17.8 Å². The summed E-state index contributed by atoms with van der Waals surface area (Å²) in [6, 6.07) is 6.39. The fourth-order valence-electron chi connectivity index (χ4n) is 5.79. The van der Waals surface area contributed by atoms with Crippen LogP contribution in [0.3, 0.4) is 0 Å². The minimum Gasteiger partial charge on any atom is -0.493 e. The topological polar surface area (TPSA) is 65.4 Å². The van der Waals surface area contributed by atoms with E-state index in [0.717, 1.165) is 22.9 Å². The van der Waals surface area contributed by atoms with Gasteiger partial charge in [0.15, 0.2) is 11.5 Å². The van der Waals surface area contributed by atoms with Gasteiger partial charge in [-0.1, -0.05) is 25.8 Å². The Hall–Kier alpha value is -2.50. The molecule has 1 amide bonds. The number of fused-ring (bicyclic) bond motifs is 1. The lowest BCUT2D eigenvalue weighted by atomic mass is 9.53. The second-order valence-corrected chi connectivity index (χ2v) is 9.67. The van der Waals surface area contributed by atoms with Crippen LogP contribution in [0.5, 0.6) is 11.5 Å². The molecule has 0 radical (unpaired) electrons. The summed E-state index contributed by atoms with van der Waals surface area (Å²) in [7, 11) is 3.33. The van der Waals surface area contributed by atoms with E-state index < -0.39 is 0 Å². The minimum absolute atomic E-state index is 0.120. The van der Waals surface area contributed by atoms with Crippen LogP contribution in [0.4, 0.5) is 0 Å². The van der Waals surface area contributed by atoms with E-state index in [1.165, 1.54) is 36.8 Å². The molecule has 0 aliphatic heterocycles. The molecule has 2 aliphatic carbocycles. The Labute approximate surface area is 191 Å². The molecule has 5 atom stereocenters. The molecule has 4 rings (SSSR count). The molecule has 1 aromatic carbocycles. The summed E-state index contributed by atoms with van der Waals surface area (Å²) in [4.78, 5) is 13.2. The number of rotatable bonds is 7. The Balaban J connectivity index is 1.51. The number of hydrogen-bond donors (Lipinski definition) is 1. The molecule has 2 aliphatic rings. The molecule has 6 heteroatoms. The molecule has 2 fully saturated rings. The molecule has 0 unspecified atom stereocenters. The van der Waals surface area contributed by atoms with Crippen molar-refractivity contribution in [2.75, 3.05) is 14.2 Å². The average molecular weight is 440 g/mol. The standard InChI is InChI=1S/C26H37N3O3/c1-15(14-29-18(4)16(2)17(3)28-29)26(30)27-25-21-10-8-7-9-20(21)24(25)19-11-12-22(31-5)23(13-19)32-6/h11-13,15,20-21,24-25H,7-10,14H2,1-6H3,(H,27,30)/t15-,20+,21+,24-,25-/m0/s1. The highest BCUT2D eigenvalue weighted by Crippen LogP contribution is 2.55. The molecule has 2 aromatic rings. The number of carbonyl (C=O) groups is 1. The molecule has 0 spiro atoms. The van der Waals surface area contributed by atoms with Crippen LogP contribution in [-0.2, 0) is 11.3 Å². The van der Waals surface area contributed by atoms with Crippen molar-refractivity contribution in [3.05, 3.63) is 40.7 Å². The van der Waals surface area contributed by atoms with Crippen molar-refractivity contribution < 1.29 is 14.3 Å². The first-order valence-electron chi connectivity index (χ1n) is 11.9. The maximum absolute atomic E-state index is 13.2. The van der Waals surface area contributed by atoms with Crippen LogP contribution in [0.1, 0.15) is 61.0 Å². The van der Waals surface area contributed by atoms with Crippen LogP contribution in [0.15, 0.2) is 18.2 Å². The van der Waals surface area contributed by atoms with Crippen LogP contribution < -0.4 is 14.8 Å². The maximum Gasteiger partial charge on any atom is 0.224 e. The summed E-state index contributed by atoms with van der Waals surface area (Å²) in [5.41, 5.74) is 4.61. The molecule has 0 bridgehead atoms. The molecule has 1 aromatic heterocycles. The number of aromatic nitrogens is 2. The summed E-state index contributed by atoms with van der Waals surface area (Å²) in [6.45, 7) is 8.79. The van der Waals surface area contributed by atoms with E-state index in [1.807, 2.05) is 24.6 Å². The van der Waals surface area contributed by atoms with Crippen molar-refractivity contribution in [1.82, 2.24) is 15.1 Å². The molecular weight excluding hydrogens is 402 g/mol. The second kappa shape index (κ2) is 9.16. The number of methoxy groups -OCH3 is 2. The summed E-state index contributed by atoms with van der Waals surface area (Å²) in [5, 5.41) is 8.06. The van der Waals surface area contributed by atoms with E-state index in [1.54, 1.807) is 14.2 Å². The van der Waals surface area contributed by atoms with Gasteiger partial charge in [0.05, 0.1) is 32.4 Å². The van der Waals surface area contributed by atoms with E-state index >= 15 is 0 Å². The molecule has 0 saturated heterocycles. The highest BCUT2D eigenvalue weighted by Gasteiger charge is 2.52. The van der Waals surface area contributed by atoms with Crippen molar-refractivity contribution in [3.8, 4) is 11.5 Å². The van der Waals surface area contributed by atoms with Gasteiger partial charge in [-0.2, -0.15) is 5.10 Å². The lowest BCUT2D eigenvalue weighted by molar-refractivity contribution is -0.128. The lowest BCUT2D eigenvalue weighted by Crippen LogP contribution is -2.60. The third kappa shape index (κ3) is 4.00. The quantitative estimate of drug-likeness (QED) is 0.687. The van der Waals surface area contributed by atoms with Gasteiger partial charge in [0, 0.05) is 17.7 Å². The summed E-state index contributed by atoms with van der Waals surface area (Å²) >= 11 is 0. The number of hydrogen-bond acceptors (Lipinski definition) is 4. The van der Waals surface area contributed by atoms with Crippen LogP contribution in [0.25, 0.3) is 0 Å². The predicted molar refractivity (Wildman–Crippen MR) is 125 cm³/mol. The Kier molecular flexibility index (Phi) is 6.50. The van der Waals surface area contributed by atoms with E-state index in [2.05, 4.69) is 36.4 Å². The summed E-state index contributed by atoms with van der Waals surface area (Å²) in [5.74, 6) is 2.99. The fraction of sp³-hybridized carbons (Fsp3) is 0.615. The smallest absolute Gasteiger partial charge is 0.224 e. The summed E-state index contributed by atoms with van der Waals surface area (Å²) < 4.78 is 13.0. The third-order valence-corrected chi connectivity index (χ3v) is 7.92. The summed E-state index contributed by atoms with van der Waals surface area (Å²) in [6.07, 6.45) is 4.97. The Morgan fingerprint density at radius 2 is 1.81 bits per heavy atom. The van der Waals surface area contributed by atoms with Crippen LogP contribution in [-0.4, -0.2) is 35.9 Å². The average Bonchev–Trinajstić information content (AvgIpc) is 3.03. The SMILES string of the molecule is COc1ccc([C@H]2[C@@H]3CCCC[C@H]3[C@@H]2NC(=O)[C@@H](C)Cn2nc(C)c(C)c2C)cc1OC. The van der Waals surface area contributed by atoms with Gasteiger partial charge in [0.1, 0.15) is 0 Å². The van der Waals surface area contributed by atoms with E-state index in [0.29, 0.717) is 24.3 Å². The van der Waals surface area contributed by atoms with Gasteiger partial charge in [-0.3, -0.25) is 9.48 Å². The van der Waals surface area contributed by atoms with Gasteiger partial charge >= 0.3 is 0 Å². The zero-order valence-electron chi connectivity index (χ0n) is 20.3. The number of amides is 1. The van der Waals surface area contributed by atoms with E-state index in [-0.39, 0.29) is 17.9 Å². The number of nitrogens with zero attached hydrogens (tertiary/aromatic N) is 2. The van der Waals surface area contributed by atoms with E-state index in [4.69, 9.17) is 9.47 Å². The van der Waals surface area contributed by atoms with Gasteiger partial charge in [0.2, 0.25) is 5.91 Å². The first kappa shape index (κ1) is 22.7. The zero-order chi connectivity index (χ0) is 23.0. The van der Waals surface area contributed by atoms with Crippen molar-refractivity contribution in [1.29, 1.82) is 0 Å². The number of aryl methyl sites for hydroxylation is 1. The van der Waals surface area contributed by atoms with Gasteiger partial charge in [-0.15, -0.1) is 0 Å². The predicted octanol–water partition coefficient (Wildman–Crippen LogP) is 4.55. The number of carbonyl (C=O) groups excluding carboxylic acids is 1. The molecule has 1 heterocycles. The molecule has 1 N–H and O–H groups in total. The second-order valence-electron chi connectivity index (χ2n) is 9.67. The highest BCUT2D eigenvalue weighted by molar-refractivity contribution is 5.79. The Bertz CT molecular complexity index is 983. The monoisotopic (exact) mass is 439 g/mol. The van der Waals surface area contributed by atoms with Gasteiger partial charge in [-0.25, -0.2) is 0 Å². The van der Waals surface area contributed by atoms with Crippen molar-refractivity contribution >= 4 is 5.91 Å². The molecule has 174 valence electrons. The van der Waals surface area contributed by atoms with Gasteiger partial charge < -0.3 is 14.8 Å². The molecule has 32 heavy (non-hydrogen) atoms. The lowest BCUT2D eigenvalue weighted by Gasteiger charge is -2.55. The van der Waals surface area contributed by atoms with Crippen molar-refractivity contribution in [3.63, 3.8) is 0 Å². The normalized spacial score (nSPS) is 25.4. The molecule has 2 saturated carbocycles. The highest BCUT2D eigenvalue weighted by atomic mass is 16.5. The maximum atomic E-state index is 13.2. The fourth-order valence-corrected chi connectivity index (χ4v) is 5.79. The third-order valence-electron chi connectivity index (χ3n) is 7.92. The first-order chi connectivity index (χ1) is 15.3. The largest absolute Gasteiger partial charge is 0.493 e. The zero-order valence-corrected chi connectivity index (χ0v) is 20.3. The van der Waals surface area contributed by atoms with Crippen LogP contribution in [0, 0.1) is 38.5 Å². The Morgan fingerprint density at radius 3 is 2.44 bits per heavy atom. The van der Waals surface area contributed by atoms with Gasteiger partial charge in [-0.05, 0) is 68.7 Å². The van der Waals surface area contributed by atoms with Crippen LogP contribution in [0.2, 0.25) is 0 Å². The molecular formula is C26H37N3O3. The first-order valence-corrected chi connectivity index (χ1v) is 11.9. The number of benzene rings is 1. The van der Waals surface area contributed by atoms with Gasteiger partial charge in [0.25, 0.3) is 0 Å². The molecule has 6 nitrogen and oxygen atoms in total. The minimum atomic E-state index is -0.138. The number of ether oxygens (including phenoxy) is 2. The van der Waals surface area contributed by atoms with E-state index in [9.17, 15) is 4.79 Å². The van der Waals surface area contributed by atoms with Crippen LogP contribution >= 0.6 is 0 Å². The Morgan fingerprint density at radius 1 is 1.12 bits per heavy atom. The van der Waals surface area contributed by atoms with Crippen molar-refractivity contribution in [2.45, 2.75) is 71.9 Å². The number of nitrogens with one attached hydrogen (secondary N) is 1.